The highest BCUT2D eigenvalue weighted by Crippen LogP contribution is 2.38. The van der Waals surface area contributed by atoms with Gasteiger partial charge in [-0.1, -0.05) is 77.9 Å². The van der Waals surface area contributed by atoms with Crippen molar-refractivity contribution in [2.24, 2.45) is 5.10 Å². The summed E-state index contributed by atoms with van der Waals surface area (Å²) < 4.78 is 1.90. The van der Waals surface area contributed by atoms with E-state index in [1.165, 1.54) is 11.1 Å². The lowest BCUT2D eigenvalue weighted by molar-refractivity contribution is -0.130. The number of carbonyl (C=O) groups excluding carboxylic acids is 1. The van der Waals surface area contributed by atoms with Crippen LogP contribution in [0.2, 0.25) is 0 Å². The second-order valence-electron chi connectivity index (χ2n) is 8.58. The van der Waals surface area contributed by atoms with Crippen molar-refractivity contribution in [1.82, 2.24) is 14.8 Å². The quantitative estimate of drug-likeness (QED) is 0.404. The van der Waals surface area contributed by atoms with Crippen LogP contribution >= 0.6 is 0 Å². The first-order chi connectivity index (χ1) is 16.0. The number of hydrogen-bond donors (Lipinski definition) is 0. The molecule has 3 aromatic carbocycles. The molecular weight excluding hydrogens is 408 g/mol. The predicted octanol–water partition coefficient (Wildman–Crippen LogP) is 5.85. The van der Waals surface area contributed by atoms with Crippen LogP contribution in [0.3, 0.4) is 0 Å². The van der Waals surface area contributed by atoms with Crippen LogP contribution in [0.4, 0.5) is 0 Å². The SMILES string of the molecule is CC(=O)N1N=C(c2ccc(C)cc2)CC1c1cn(-c2ccccc2)nc1-c1ccc(C)cc1. The summed E-state index contributed by atoms with van der Waals surface area (Å²) in [4.78, 5) is 12.6. The smallest absolute Gasteiger partial charge is 0.240 e. The Morgan fingerprint density at radius 3 is 2.06 bits per heavy atom. The topological polar surface area (TPSA) is 50.5 Å². The summed E-state index contributed by atoms with van der Waals surface area (Å²) in [5, 5.41) is 11.3. The van der Waals surface area contributed by atoms with Crippen molar-refractivity contribution in [3.8, 4) is 16.9 Å². The lowest BCUT2D eigenvalue weighted by Gasteiger charge is -2.20. The van der Waals surface area contributed by atoms with Crippen LogP contribution in [0.15, 0.2) is 90.2 Å². The van der Waals surface area contributed by atoms with Gasteiger partial charge in [-0.05, 0) is 31.5 Å². The fourth-order valence-corrected chi connectivity index (χ4v) is 4.24. The molecule has 1 aromatic heterocycles. The minimum atomic E-state index is -0.215. The third-order valence-electron chi connectivity index (χ3n) is 6.07. The van der Waals surface area contributed by atoms with Gasteiger partial charge in [0.25, 0.3) is 0 Å². The van der Waals surface area contributed by atoms with E-state index in [-0.39, 0.29) is 11.9 Å². The monoisotopic (exact) mass is 434 g/mol. The van der Waals surface area contributed by atoms with Crippen LogP contribution in [-0.2, 0) is 4.79 Å². The largest absolute Gasteiger partial charge is 0.273 e. The maximum atomic E-state index is 12.6. The van der Waals surface area contributed by atoms with E-state index >= 15 is 0 Å². The van der Waals surface area contributed by atoms with Gasteiger partial charge in [0, 0.05) is 30.7 Å². The first-order valence-electron chi connectivity index (χ1n) is 11.2. The van der Waals surface area contributed by atoms with E-state index in [1.807, 2.05) is 41.2 Å². The van der Waals surface area contributed by atoms with Gasteiger partial charge in [0.05, 0.1) is 23.1 Å². The van der Waals surface area contributed by atoms with Crippen molar-refractivity contribution < 1.29 is 4.79 Å². The van der Waals surface area contributed by atoms with E-state index in [0.29, 0.717) is 6.42 Å². The second kappa shape index (κ2) is 8.51. The molecule has 164 valence electrons. The van der Waals surface area contributed by atoms with Gasteiger partial charge < -0.3 is 0 Å². The molecule has 4 aromatic rings. The first-order valence-corrected chi connectivity index (χ1v) is 11.2. The summed E-state index contributed by atoms with van der Waals surface area (Å²) in [6.45, 7) is 5.71. The fraction of sp³-hybridized carbons (Fsp3) is 0.179. The summed E-state index contributed by atoms with van der Waals surface area (Å²) in [5.41, 5.74) is 8.21. The molecule has 0 radical (unpaired) electrons. The Morgan fingerprint density at radius 2 is 1.45 bits per heavy atom. The van der Waals surface area contributed by atoms with Crippen LogP contribution in [0.25, 0.3) is 16.9 Å². The second-order valence-corrected chi connectivity index (χ2v) is 8.58. The van der Waals surface area contributed by atoms with Crippen molar-refractivity contribution in [2.75, 3.05) is 0 Å². The maximum Gasteiger partial charge on any atom is 0.240 e. The van der Waals surface area contributed by atoms with E-state index in [4.69, 9.17) is 10.2 Å². The lowest BCUT2D eigenvalue weighted by Crippen LogP contribution is -2.24. The standard InChI is InChI=1S/C28H26N4O/c1-19-9-13-22(14-10-19)26-17-27(32(29-26)21(3)33)25-18-31(24-7-5-4-6-8-24)30-28(25)23-15-11-20(2)12-16-23/h4-16,18,27H,17H2,1-3H3. The molecule has 5 nitrogen and oxygen atoms in total. The van der Waals surface area contributed by atoms with Crippen LogP contribution in [0.1, 0.15) is 41.6 Å². The molecular formula is C28H26N4O. The summed E-state index contributed by atoms with van der Waals surface area (Å²) in [6, 6.07) is 26.5. The van der Waals surface area contributed by atoms with Crippen molar-refractivity contribution in [3.63, 3.8) is 0 Å². The molecule has 0 saturated heterocycles. The van der Waals surface area contributed by atoms with Crippen LogP contribution in [-0.4, -0.2) is 26.4 Å². The number of amides is 1. The fourth-order valence-electron chi connectivity index (χ4n) is 4.24. The molecule has 5 rings (SSSR count). The normalized spacial score (nSPS) is 15.5. The zero-order valence-corrected chi connectivity index (χ0v) is 19.1. The minimum Gasteiger partial charge on any atom is -0.273 e. The van der Waals surface area contributed by atoms with E-state index < -0.39 is 0 Å². The molecule has 0 bridgehead atoms. The highest BCUT2D eigenvalue weighted by molar-refractivity contribution is 6.03. The molecule has 1 aliphatic rings. The number of carbonyl (C=O) groups is 1. The third kappa shape index (κ3) is 4.10. The minimum absolute atomic E-state index is 0.0792. The Bertz CT molecular complexity index is 1320. The van der Waals surface area contributed by atoms with E-state index in [2.05, 4.69) is 62.4 Å². The average molecular weight is 435 g/mol. The average Bonchev–Trinajstić information content (AvgIpc) is 3.46. The van der Waals surface area contributed by atoms with Gasteiger partial charge in [0.1, 0.15) is 0 Å². The zero-order chi connectivity index (χ0) is 22.9. The Labute approximate surface area is 194 Å². The van der Waals surface area contributed by atoms with Gasteiger partial charge in [-0.15, -0.1) is 0 Å². The van der Waals surface area contributed by atoms with Crippen LogP contribution in [0.5, 0.6) is 0 Å². The number of nitrogens with zero attached hydrogens (tertiary/aromatic N) is 4. The molecule has 1 aliphatic heterocycles. The third-order valence-corrected chi connectivity index (χ3v) is 6.07. The number of hydrogen-bond acceptors (Lipinski definition) is 3. The van der Waals surface area contributed by atoms with Crippen molar-refractivity contribution >= 4 is 11.6 Å². The first kappa shape index (κ1) is 20.9. The molecule has 0 saturated carbocycles. The number of para-hydroxylation sites is 1. The van der Waals surface area contributed by atoms with Gasteiger partial charge >= 0.3 is 0 Å². The molecule has 1 unspecified atom stereocenters. The molecule has 5 heteroatoms. The van der Waals surface area contributed by atoms with Gasteiger partial charge in [-0.25, -0.2) is 9.69 Å². The van der Waals surface area contributed by atoms with E-state index in [1.54, 1.807) is 11.9 Å². The number of benzene rings is 3. The highest BCUT2D eigenvalue weighted by Gasteiger charge is 2.34. The Hall–Kier alpha value is -3.99. The lowest BCUT2D eigenvalue weighted by atomic mass is 9.96. The molecule has 1 atom stereocenters. The summed E-state index contributed by atoms with van der Waals surface area (Å²) in [7, 11) is 0. The molecule has 33 heavy (non-hydrogen) atoms. The molecule has 0 fully saturated rings. The Kier molecular flexibility index (Phi) is 5.38. The summed E-state index contributed by atoms with van der Waals surface area (Å²) in [5.74, 6) is -0.0792. The van der Waals surface area contributed by atoms with Gasteiger partial charge in [-0.2, -0.15) is 10.2 Å². The molecule has 0 spiro atoms. The molecule has 0 N–H and O–H groups in total. The Morgan fingerprint density at radius 1 is 0.848 bits per heavy atom. The predicted molar refractivity (Wildman–Crippen MR) is 131 cm³/mol. The molecule has 0 aliphatic carbocycles. The Balaban J connectivity index is 1.61. The summed E-state index contributed by atoms with van der Waals surface area (Å²) >= 11 is 0. The number of hydrazone groups is 1. The maximum absolute atomic E-state index is 12.6. The highest BCUT2D eigenvalue weighted by atomic mass is 16.2. The molecule has 2 heterocycles. The van der Waals surface area contributed by atoms with Crippen LogP contribution < -0.4 is 0 Å². The van der Waals surface area contributed by atoms with E-state index in [9.17, 15) is 4.79 Å². The van der Waals surface area contributed by atoms with Crippen molar-refractivity contribution in [2.45, 2.75) is 33.2 Å². The summed E-state index contributed by atoms with van der Waals surface area (Å²) in [6.07, 6.45) is 2.68. The van der Waals surface area contributed by atoms with Gasteiger partial charge in [0.2, 0.25) is 5.91 Å². The zero-order valence-electron chi connectivity index (χ0n) is 19.1. The van der Waals surface area contributed by atoms with Gasteiger partial charge in [0.15, 0.2) is 0 Å². The van der Waals surface area contributed by atoms with Gasteiger partial charge in [-0.3, -0.25) is 4.79 Å². The van der Waals surface area contributed by atoms with E-state index in [0.717, 1.165) is 33.8 Å². The molecule has 1 amide bonds. The van der Waals surface area contributed by atoms with Crippen molar-refractivity contribution in [1.29, 1.82) is 0 Å². The number of rotatable bonds is 4. The van der Waals surface area contributed by atoms with Crippen LogP contribution in [0, 0.1) is 13.8 Å². The number of aryl methyl sites for hydroxylation is 2. The van der Waals surface area contributed by atoms with Crippen molar-refractivity contribution in [3.05, 3.63) is 107 Å². The number of aromatic nitrogens is 2.